The summed E-state index contributed by atoms with van der Waals surface area (Å²) in [7, 11) is 0. The number of hydrogen-bond donors (Lipinski definition) is 5. The molecule has 0 aliphatic carbocycles. The highest BCUT2D eigenvalue weighted by Gasteiger charge is 2.45. The first-order valence-electron chi connectivity index (χ1n) is 8.39. The van der Waals surface area contributed by atoms with Crippen LogP contribution in [-0.2, 0) is 9.59 Å². The minimum atomic E-state index is -1.17. The Labute approximate surface area is 151 Å². The summed E-state index contributed by atoms with van der Waals surface area (Å²) in [6, 6.07) is 8.61. The molecule has 2 rings (SSSR count). The second-order valence-electron chi connectivity index (χ2n) is 5.98. The van der Waals surface area contributed by atoms with Crippen LogP contribution in [0.25, 0.3) is 0 Å². The van der Waals surface area contributed by atoms with Crippen molar-refractivity contribution >= 4 is 35.5 Å². The Morgan fingerprint density at radius 3 is 2.65 bits per heavy atom. The van der Waals surface area contributed by atoms with Crippen LogP contribution in [0.15, 0.2) is 35.4 Å². The van der Waals surface area contributed by atoms with Crippen LogP contribution in [0.4, 0.5) is 10.5 Å². The number of benzene rings is 1. The number of carbonyl (C=O) groups is 3. The Bertz CT molecular complexity index is 718. The van der Waals surface area contributed by atoms with E-state index in [4.69, 9.17) is 5.41 Å². The van der Waals surface area contributed by atoms with Gasteiger partial charge in [-0.25, -0.2) is 4.79 Å². The van der Waals surface area contributed by atoms with Crippen LogP contribution in [0, 0.1) is 5.41 Å². The van der Waals surface area contributed by atoms with Crippen molar-refractivity contribution in [1.29, 1.82) is 5.41 Å². The maximum atomic E-state index is 12.3. The van der Waals surface area contributed by atoms with Crippen molar-refractivity contribution in [2.75, 3.05) is 6.54 Å². The summed E-state index contributed by atoms with van der Waals surface area (Å²) >= 11 is 0. The Morgan fingerprint density at radius 2 is 2.08 bits per heavy atom. The zero-order chi connectivity index (χ0) is 19.0. The van der Waals surface area contributed by atoms with Crippen molar-refractivity contribution in [2.45, 2.75) is 31.7 Å². The quantitative estimate of drug-likeness (QED) is 0.137. The molecule has 1 fully saturated rings. The fourth-order valence-electron chi connectivity index (χ4n) is 2.56. The lowest BCUT2D eigenvalue weighted by molar-refractivity contribution is -0.577. The SMILES string of the molecule is CCCCC1(CNC(=O)C(C=N)=N[NH2+]c2ccccc2)NC(=O)NC1=O. The summed E-state index contributed by atoms with van der Waals surface area (Å²) in [6.45, 7) is 1.90. The Hall–Kier alpha value is -3.07. The standard InChI is InChI=1S/C17H22N6O3/c1-2-3-9-17(15(25)20-16(26)21-17)11-19-14(24)13(10-18)23-22-12-7-5-4-6-8-12/h4-8,10,18,22H,2-3,9,11H2,1H3,(H,19,24)(H2,20,21,25,26)/p+1. The lowest BCUT2D eigenvalue weighted by Gasteiger charge is -2.26. The predicted molar refractivity (Wildman–Crippen MR) is 96.2 cm³/mol. The molecule has 138 valence electrons. The molecule has 9 heteroatoms. The van der Waals surface area contributed by atoms with Gasteiger partial charge < -0.3 is 16.0 Å². The van der Waals surface area contributed by atoms with E-state index in [0.717, 1.165) is 24.7 Å². The highest BCUT2D eigenvalue weighted by molar-refractivity contribution is 6.60. The molecule has 6 N–H and O–H groups in total. The molecule has 0 bridgehead atoms. The Balaban J connectivity index is 2.02. The zero-order valence-electron chi connectivity index (χ0n) is 14.5. The monoisotopic (exact) mass is 359 g/mol. The number of urea groups is 1. The highest BCUT2D eigenvalue weighted by atomic mass is 16.2. The first kappa shape index (κ1) is 19.3. The van der Waals surface area contributed by atoms with Crippen molar-refractivity contribution in [2.24, 2.45) is 5.10 Å². The van der Waals surface area contributed by atoms with Crippen LogP contribution in [0.1, 0.15) is 26.2 Å². The van der Waals surface area contributed by atoms with Crippen molar-refractivity contribution in [1.82, 2.24) is 16.0 Å². The van der Waals surface area contributed by atoms with E-state index < -0.39 is 23.4 Å². The van der Waals surface area contributed by atoms with Gasteiger partial charge in [-0.1, -0.05) is 43.1 Å². The lowest BCUT2D eigenvalue weighted by atomic mass is 9.92. The molecule has 1 unspecified atom stereocenters. The van der Waals surface area contributed by atoms with Gasteiger partial charge in [-0.2, -0.15) is 5.43 Å². The fraction of sp³-hybridized carbons (Fsp3) is 0.353. The number of carbonyl (C=O) groups excluding carboxylic acids is 3. The van der Waals surface area contributed by atoms with Crippen LogP contribution in [0.5, 0.6) is 0 Å². The molecule has 1 aliphatic heterocycles. The van der Waals surface area contributed by atoms with Crippen LogP contribution in [0.3, 0.4) is 0 Å². The largest absolute Gasteiger partial charge is 0.348 e. The van der Waals surface area contributed by atoms with E-state index in [1.54, 1.807) is 0 Å². The van der Waals surface area contributed by atoms with Crippen molar-refractivity contribution in [3.05, 3.63) is 30.3 Å². The number of amides is 4. The molecule has 1 atom stereocenters. The van der Waals surface area contributed by atoms with Gasteiger partial charge in [-0.3, -0.25) is 14.9 Å². The Kier molecular flexibility index (Phi) is 6.56. The molecule has 9 nitrogen and oxygen atoms in total. The topological polar surface area (TPSA) is 140 Å². The average Bonchev–Trinajstić information content (AvgIpc) is 2.93. The summed E-state index contributed by atoms with van der Waals surface area (Å²) in [6.07, 6.45) is 2.82. The van der Waals surface area contributed by atoms with Crippen molar-refractivity contribution < 1.29 is 19.8 Å². The number of imide groups is 1. The maximum Gasteiger partial charge on any atom is 0.322 e. The molecule has 4 amide bonds. The second-order valence-corrected chi connectivity index (χ2v) is 5.98. The van der Waals surface area contributed by atoms with E-state index in [9.17, 15) is 14.4 Å². The van der Waals surface area contributed by atoms with Gasteiger partial charge >= 0.3 is 6.03 Å². The van der Waals surface area contributed by atoms with Gasteiger partial charge in [0.1, 0.15) is 5.54 Å². The van der Waals surface area contributed by atoms with Gasteiger partial charge in [0.2, 0.25) is 5.71 Å². The number of unbranched alkanes of at least 4 members (excludes halogenated alkanes) is 1. The molecule has 26 heavy (non-hydrogen) atoms. The van der Waals surface area contributed by atoms with Gasteiger partial charge in [-0.05, 0) is 6.42 Å². The molecule has 1 saturated heterocycles. The maximum absolute atomic E-state index is 12.3. The van der Waals surface area contributed by atoms with Crippen molar-refractivity contribution in [3.63, 3.8) is 0 Å². The minimum Gasteiger partial charge on any atom is -0.348 e. The van der Waals surface area contributed by atoms with Gasteiger partial charge in [-0.15, -0.1) is 0 Å². The third-order valence-electron chi connectivity index (χ3n) is 4.04. The van der Waals surface area contributed by atoms with Crippen LogP contribution >= 0.6 is 0 Å². The number of hydrogen-bond acceptors (Lipinski definition) is 5. The van der Waals surface area contributed by atoms with Crippen LogP contribution < -0.4 is 21.4 Å². The summed E-state index contributed by atoms with van der Waals surface area (Å²) in [5.74, 6) is -1.04. The molecular formula is C17H23N6O3+. The summed E-state index contributed by atoms with van der Waals surface area (Å²) < 4.78 is 0. The molecule has 0 saturated carbocycles. The van der Waals surface area contributed by atoms with E-state index in [-0.39, 0.29) is 12.3 Å². The smallest absolute Gasteiger partial charge is 0.322 e. The van der Waals surface area contributed by atoms with E-state index in [1.807, 2.05) is 37.3 Å². The van der Waals surface area contributed by atoms with Gasteiger partial charge in [0.05, 0.1) is 12.8 Å². The summed E-state index contributed by atoms with van der Waals surface area (Å²) in [4.78, 5) is 36.0. The number of nitrogens with zero attached hydrogens (tertiary/aromatic N) is 1. The van der Waals surface area contributed by atoms with Gasteiger partial charge in [0, 0.05) is 12.1 Å². The number of quaternary nitrogens is 1. The third kappa shape index (κ3) is 4.73. The zero-order valence-corrected chi connectivity index (χ0v) is 14.5. The fourth-order valence-corrected chi connectivity index (χ4v) is 2.56. The van der Waals surface area contributed by atoms with Gasteiger partial charge in [0.25, 0.3) is 11.8 Å². The molecular weight excluding hydrogens is 336 g/mol. The molecule has 0 radical (unpaired) electrons. The van der Waals surface area contributed by atoms with Gasteiger partial charge in [0.15, 0.2) is 5.69 Å². The first-order valence-corrected chi connectivity index (χ1v) is 8.39. The Morgan fingerprint density at radius 1 is 1.35 bits per heavy atom. The lowest BCUT2D eigenvalue weighted by Crippen LogP contribution is -2.72. The summed E-state index contributed by atoms with van der Waals surface area (Å²) in [5, 5.41) is 18.8. The number of rotatable bonds is 9. The summed E-state index contributed by atoms with van der Waals surface area (Å²) in [5.41, 5.74) is 1.02. The third-order valence-corrected chi connectivity index (χ3v) is 4.04. The number of nitrogens with two attached hydrogens (primary N) is 1. The van der Waals surface area contributed by atoms with E-state index in [1.165, 1.54) is 5.43 Å². The first-order chi connectivity index (χ1) is 12.5. The van der Waals surface area contributed by atoms with Crippen LogP contribution in [-0.4, -0.2) is 41.9 Å². The molecule has 0 spiro atoms. The minimum absolute atomic E-state index is 0.0679. The highest BCUT2D eigenvalue weighted by Crippen LogP contribution is 2.18. The molecule has 1 aromatic carbocycles. The molecule has 0 aromatic heterocycles. The van der Waals surface area contributed by atoms with E-state index in [2.05, 4.69) is 21.1 Å². The molecule has 1 heterocycles. The average molecular weight is 359 g/mol. The molecule has 1 aliphatic rings. The second kappa shape index (κ2) is 8.86. The number of nitrogens with one attached hydrogen (secondary N) is 4. The predicted octanol–water partition coefficient (Wildman–Crippen LogP) is -0.228. The van der Waals surface area contributed by atoms with Crippen molar-refractivity contribution in [3.8, 4) is 0 Å². The van der Waals surface area contributed by atoms with E-state index >= 15 is 0 Å². The normalized spacial score (nSPS) is 19.7. The molecule has 1 aromatic rings. The van der Waals surface area contributed by atoms with E-state index in [0.29, 0.717) is 6.42 Å². The van der Waals surface area contributed by atoms with Crippen LogP contribution in [0.2, 0.25) is 0 Å².